The van der Waals surface area contributed by atoms with E-state index in [-0.39, 0.29) is 11.4 Å². The smallest absolute Gasteiger partial charge is 0.227 e. The van der Waals surface area contributed by atoms with Gasteiger partial charge in [-0.15, -0.1) is 11.3 Å². The zero-order valence-corrected chi connectivity index (χ0v) is 14.1. The average Bonchev–Trinajstić information content (AvgIpc) is 2.91. The first-order valence-corrected chi connectivity index (χ1v) is 9.03. The van der Waals surface area contributed by atoms with Gasteiger partial charge in [-0.05, 0) is 55.7 Å². The van der Waals surface area contributed by atoms with Crippen molar-refractivity contribution in [3.05, 3.63) is 16.2 Å². The summed E-state index contributed by atoms with van der Waals surface area (Å²) in [5.41, 5.74) is 0. The Morgan fingerprint density at radius 3 is 2.86 bits per heavy atom. The van der Waals surface area contributed by atoms with Gasteiger partial charge in [0.1, 0.15) is 10.9 Å². The Bertz CT molecular complexity index is 628. The van der Waals surface area contributed by atoms with E-state index in [0.29, 0.717) is 11.8 Å². The van der Waals surface area contributed by atoms with Gasteiger partial charge in [0.25, 0.3) is 0 Å². The lowest BCUT2D eigenvalue weighted by Gasteiger charge is -2.30. The summed E-state index contributed by atoms with van der Waals surface area (Å²) in [6.45, 7) is 4.39. The predicted molar refractivity (Wildman–Crippen MR) is 88.5 cm³/mol. The number of hydrogen-bond acceptors (Lipinski definition) is 4. The van der Waals surface area contributed by atoms with Crippen LogP contribution in [0, 0.1) is 5.92 Å². The van der Waals surface area contributed by atoms with Gasteiger partial charge >= 0.3 is 0 Å². The molecular formula is C16H21ClN2OS. The highest BCUT2D eigenvalue weighted by atomic mass is 35.5. The Morgan fingerprint density at radius 1 is 1.29 bits per heavy atom. The maximum absolute atomic E-state index is 6.28. The third-order valence-corrected chi connectivity index (χ3v) is 5.70. The molecule has 0 radical (unpaired) electrons. The Morgan fingerprint density at radius 2 is 2.10 bits per heavy atom. The lowest BCUT2D eigenvalue weighted by molar-refractivity contribution is 0.0874. The lowest BCUT2D eigenvalue weighted by Crippen LogP contribution is -2.30. The van der Waals surface area contributed by atoms with E-state index in [1.54, 1.807) is 11.3 Å². The third-order valence-electron chi connectivity index (χ3n) is 4.36. The second-order valence-corrected chi connectivity index (χ2v) is 7.15. The van der Waals surface area contributed by atoms with E-state index in [4.69, 9.17) is 16.3 Å². The highest BCUT2D eigenvalue weighted by Crippen LogP contribution is 2.35. The molecule has 2 atom stereocenters. The molecule has 0 saturated heterocycles. The number of aromatic nitrogens is 2. The molecule has 114 valence electrons. The maximum Gasteiger partial charge on any atom is 0.227 e. The molecule has 1 aliphatic rings. The largest absolute Gasteiger partial charge is 0.473 e. The second kappa shape index (κ2) is 6.49. The van der Waals surface area contributed by atoms with Crippen molar-refractivity contribution in [3.8, 4) is 5.88 Å². The van der Waals surface area contributed by atoms with Gasteiger partial charge in [0, 0.05) is 4.88 Å². The fourth-order valence-electron chi connectivity index (χ4n) is 3.12. The summed E-state index contributed by atoms with van der Waals surface area (Å²) in [6.07, 6.45) is 7.36. The summed E-state index contributed by atoms with van der Waals surface area (Å²) in [5.74, 6) is 1.30. The first-order chi connectivity index (χ1) is 10.2. The molecule has 1 fully saturated rings. The van der Waals surface area contributed by atoms with Crippen molar-refractivity contribution in [2.24, 2.45) is 5.92 Å². The van der Waals surface area contributed by atoms with Gasteiger partial charge < -0.3 is 4.74 Å². The number of nitrogens with zero attached hydrogens (tertiary/aromatic N) is 2. The van der Waals surface area contributed by atoms with Gasteiger partial charge in [0.15, 0.2) is 0 Å². The highest BCUT2D eigenvalue weighted by molar-refractivity contribution is 7.18. The van der Waals surface area contributed by atoms with Crippen LogP contribution in [0.4, 0.5) is 0 Å². The molecule has 0 spiro atoms. The minimum atomic E-state index is 0.267. The monoisotopic (exact) mass is 324 g/mol. The van der Waals surface area contributed by atoms with Gasteiger partial charge in [-0.3, -0.25) is 0 Å². The molecular weight excluding hydrogens is 304 g/mol. The first kappa shape index (κ1) is 15.0. The molecule has 0 N–H and O–H groups in total. The molecule has 0 bridgehead atoms. The number of ether oxygens (including phenoxy) is 1. The van der Waals surface area contributed by atoms with E-state index in [9.17, 15) is 0 Å². The Hall–Kier alpha value is -0.870. The van der Waals surface area contributed by atoms with E-state index >= 15 is 0 Å². The molecule has 21 heavy (non-hydrogen) atoms. The highest BCUT2D eigenvalue weighted by Gasteiger charge is 2.26. The van der Waals surface area contributed by atoms with Crippen LogP contribution in [0.15, 0.2) is 6.07 Å². The van der Waals surface area contributed by atoms with Crippen LogP contribution in [0.25, 0.3) is 10.2 Å². The van der Waals surface area contributed by atoms with Crippen LogP contribution in [-0.4, -0.2) is 16.1 Å². The van der Waals surface area contributed by atoms with E-state index in [0.717, 1.165) is 29.5 Å². The number of hydrogen-bond donors (Lipinski definition) is 0. The fourth-order valence-corrected chi connectivity index (χ4v) is 4.29. The molecule has 1 aliphatic carbocycles. The second-order valence-electron chi connectivity index (χ2n) is 5.69. The van der Waals surface area contributed by atoms with Crippen molar-refractivity contribution in [1.82, 2.24) is 9.97 Å². The predicted octanol–water partition coefficient (Wildman–Crippen LogP) is 5.25. The number of rotatable bonds is 4. The molecule has 2 heterocycles. The fraction of sp³-hybridized carbons (Fsp3) is 0.625. The molecule has 5 heteroatoms. The van der Waals surface area contributed by atoms with E-state index in [1.165, 1.54) is 24.1 Å². The molecule has 2 aromatic rings. The minimum absolute atomic E-state index is 0.267. The van der Waals surface area contributed by atoms with Crippen LogP contribution in [0.1, 0.15) is 50.8 Å². The van der Waals surface area contributed by atoms with E-state index < -0.39 is 0 Å². The Balaban J connectivity index is 1.93. The van der Waals surface area contributed by atoms with E-state index in [2.05, 4.69) is 29.9 Å². The van der Waals surface area contributed by atoms with Crippen LogP contribution in [0.3, 0.4) is 0 Å². The molecule has 2 unspecified atom stereocenters. The van der Waals surface area contributed by atoms with Crippen LogP contribution in [-0.2, 0) is 6.42 Å². The van der Waals surface area contributed by atoms with E-state index in [1.807, 2.05) is 0 Å². The van der Waals surface area contributed by atoms with Crippen LogP contribution in [0.5, 0.6) is 5.88 Å². The number of thiophene rings is 1. The number of fused-ring (bicyclic) bond motifs is 1. The van der Waals surface area contributed by atoms with Crippen LogP contribution in [0.2, 0.25) is 5.28 Å². The van der Waals surface area contributed by atoms with Crippen molar-refractivity contribution < 1.29 is 4.74 Å². The first-order valence-electron chi connectivity index (χ1n) is 7.83. The van der Waals surface area contributed by atoms with Crippen molar-refractivity contribution in [1.29, 1.82) is 0 Å². The minimum Gasteiger partial charge on any atom is -0.473 e. The molecule has 3 rings (SSSR count). The zero-order chi connectivity index (χ0) is 14.8. The third kappa shape index (κ3) is 3.16. The van der Waals surface area contributed by atoms with Crippen molar-refractivity contribution in [3.63, 3.8) is 0 Å². The van der Waals surface area contributed by atoms with Gasteiger partial charge in [-0.2, -0.15) is 4.98 Å². The molecule has 1 saturated carbocycles. The van der Waals surface area contributed by atoms with Crippen molar-refractivity contribution in [2.45, 2.75) is 58.5 Å². The quantitative estimate of drug-likeness (QED) is 0.720. The lowest BCUT2D eigenvalue weighted by atomic mass is 9.85. The standard InChI is InChI=1S/C16H21ClN2OS/c1-3-10-7-5-6-8-13(10)20-14-12-9-11(4-2)21-15(12)19-16(17)18-14/h9-10,13H,3-8H2,1-2H3. The summed E-state index contributed by atoms with van der Waals surface area (Å²) >= 11 is 7.75. The Kier molecular flexibility index (Phi) is 4.65. The summed E-state index contributed by atoms with van der Waals surface area (Å²) in [6, 6.07) is 2.15. The van der Waals surface area contributed by atoms with Gasteiger partial charge in [-0.1, -0.05) is 20.3 Å². The summed E-state index contributed by atoms with van der Waals surface area (Å²) in [4.78, 5) is 10.9. The van der Waals surface area contributed by atoms with Gasteiger partial charge in [-0.25, -0.2) is 4.98 Å². The van der Waals surface area contributed by atoms with Crippen LogP contribution >= 0.6 is 22.9 Å². The number of halogens is 1. The Labute approximate surface area is 134 Å². The summed E-state index contributed by atoms with van der Waals surface area (Å²) in [5, 5.41) is 1.30. The molecule has 0 amide bonds. The molecule has 0 aromatic carbocycles. The SMILES string of the molecule is CCc1cc2c(OC3CCCCC3CC)nc(Cl)nc2s1. The molecule has 3 nitrogen and oxygen atoms in total. The van der Waals surface area contributed by atoms with Gasteiger partial charge in [0.05, 0.1) is 5.39 Å². The molecule has 0 aliphatic heterocycles. The van der Waals surface area contributed by atoms with Crippen molar-refractivity contribution in [2.75, 3.05) is 0 Å². The van der Waals surface area contributed by atoms with Crippen molar-refractivity contribution >= 4 is 33.2 Å². The van der Waals surface area contributed by atoms with Crippen LogP contribution < -0.4 is 4.74 Å². The zero-order valence-electron chi connectivity index (χ0n) is 12.6. The average molecular weight is 325 g/mol. The summed E-state index contributed by atoms with van der Waals surface area (Å²) < 4.78 is 6.28. The van der Waals surface area contributed by atoms with Gasteiger partial charge in [0.2, 0.25) is 11.2 Å². The topological polar surface area (TPSA) is 35.0 Å². The number of aryl methyl sites for hydroxylation is 1. The normalized spacial score (nSPS) is 22.6. The molecule has 2 aromatic heterocycles. The summed E-state index contributed by atoms with van der Waals surface area (Å²) in [7, 11) is 0. The maximum atomic E-state index is 6.28.